The van der Waals surface area contributed by atoms with Crippen molar-refractivity contribution >= 4 is 43.5 Å². The highest BCUT2D eigenvalue weighted by atomic mass is 32.1. The van der Waals surface area contributed by atoms with E-state index >= 15 is 0 Å². The standard InChI is InChI=1S/C34H20N4OS/c1-2-10-21(11-3-1)31-36-32(22-12-8-13-23(20-22)34-35-26-16-5-7-19-29(26)40-34)38-33(37-31)25-15-9-18-28-30(25)24-14-4-6-17-27(24)39-28/h1-20H. The van der Waals surface area contributed by atoms with Gasteiger partial charge in [0.05, 0.1) is 10.2 Å². The van der Waals surface area contributed by atoms with E-state index in [9.17, 15) is 0 Å². The zero-order valence-corrected chi connectivity index (χ0v) is 22.0. The number of nitrogens with zero attached hydrogens (tertiary/aromatic N) is 4. The van der Waals surface area contributed by atoms with Crippen molar-refractivity contribution in [1.29, 1.82) is 0 Å². The molecule has 0 fully saturated rings. The van der Waals surface area contributed by atoms with Gasteiger partial charge in [0, 0.05) is 33.0 Å². The van der Waals surface area contributed by atoms with Gasteiger partial charge >= 0.3 is 0 Å². The lowest BCUT2D eigenvalue weighted by Gasteiger charge is -2.10. The Labute approximate surface area is 233 Å². The molecule has 3 aromatic heterocycles. The van der Waals surface area contributed by atoms with E-state index in [1.54, 1.807) is 11.3 Å². The van der Waals surface area contributed by atoms with E-state index in [0.29, 0.717) is 17.5 Å². The highest BCUT2D eigenvalue weighted by molar-refractivity contribution is 7.21. The summed E-state index contributed by atoms with van der Waals surface area (Å²) >= 11 is 1.68. The van der Waals surface area contributed by atoms with E-state index in [0.717, 1.165) is 59.4 Å². The van der Waals surface area contributed by atoms with Crippen molar-refractivity contribution in [2.75, 3.05) is 0 Å². The largest absolute Gasteiger partial charge is 0.456 e. The molecule has 0 N–H and O–H groups in total. The van der Waals surface area contributed by atoms with Crippen molar-refractivity contribution < 1.29 is 4.42 Å². The van der Waals surface area contributed by atoms with Crippen LogP contribution in [0.15, 0.2) is 126 Å². The van der Waals surface area contributed by atoms with Crippen LogP contribution in [-0.2, 0) is 0 Å². The van der Waals surface area contributed by atoms with Crippen molar-refractivity contribution in [2.24, 2.45) is 0 Å². The first-order valence-corrected chi connectivity index (χ1v) is 13.8. The Balaban J connectivity index is 1.34. The van der Waals surface area contributed by atoms with Crippen LogP contribution in [0, 0.1) is 0 Å². The van der Waals surface area contributed by atoms with Crippen LogP contribution >= 0.6 is 11.3 Å². The van der Waals surface area contributed by atoms with Gasteiger partial charge < -0.3 is 4.42 Å². The number of hydrogen-bond acceptors (Lipinski definition) is 6. The van der Waals surface area contributed by atoms with E-state index < -0.39 is 0 Å². The quantitative estimate of drug-likeness (QED) is 0.226. The van der Waals surface area contributed by atoms with Gasteiger partial charge in [-0.25, -0.2) is 19.9 Å². The third kappa shape index (κ3) is 3.85. The topological polar surface area (TPSA) is 64.7 Å². The van der Waals surface area contributed by atoms with Gasteiger partial charge in [0.15, 0.2) is 17.5 Å². The zero-order chi connectivity index (χ0) is 26.5. The van der Waals surface area contributed by atoms with Gasteiger partial charge in [0.25, 0.3) is 0 Å². The van der Waals surface area contributed by atoms with Crippen LogP contribution in [0.1, 0.15) is 0 Å². The molecule has 0 aliphatic heterocycles. The lowest BCUT2D eigenvalue weighted by molar-refractivity contribution is 0.669. The van der Waals surface area contributed by atoms with Gasteiger partial charge in [-0.2, -0.15) is 0 Å². The Morgan fingerprint density at radius 1 is 0.500 bits per heavy atom. The van der Waals surface area contributed by atoms with E-state index in [1.165, 1.54) is 0 Å². The Hall–Kier alpha value is -5.20. The summed E-state index contributed by atoms with van der Waals surface area (Å²) in [6.07, 6.45) is 0. The average molecular weight is 533 g/mol. The van der Waals surface area contributed by atoms with E-state index in [2.05, 4.69) is 30.3 Å². The summed E-state index contributed by atoms with van der Waals surface area (Å²) in [4.78, 5) is 19.8. The maximum Gasteiger partial charge on any atom is 0.164 e. The number of benzene rings is 5. The fourth-order valence-corrected chi connectivity index (χ4v) is 6.05. The van der Waals surface area contributed by atoms with Gasteiger partial charge in [-0.3, -0.25) is 0 Å². The van der Waals surface area contributed by atoms with Crippen molar-refractivity contribution in [3.8, 4) is 44.7 Å². The molecule has 188 valence electrons. The molecule has 0 atom stereocenters. The third-order valence-electron chi connectivity index (χ3n) is 6.97. The van der Waals surface area contributed by atoms with Crippen LogP contribution < -0.4 is 0 Å². The Bertz CT molecular complexity index is 2150. The molecule has 0 saturated heterocycles. The van der Waals surface area contributed by atoms with Crippen LogP contribution in [0.2, 0.25) is 0 Å². The SMILES string of the molecule is c1ccc(-c2nc(-c3cccc(-c4nc5ccccc5s4)c3)nc(-c3cccc4oc5ccccc5c34)n2)cc1. The summed E-state index contributed by atoms with van der Waals surface area (Å²) in [6, 6.07) is 40.6. The second-order valence-electron chi connectivity index (χ2n) is 9.52. The molecule has 3 heterocycles. The van der Waals surface area contributed by atoms with Crippen LogP contribution in [-0.4, -0.2) is 19.9 Å². The number of para-hydroxylation sites is 2. The monoisotopic (exact) mass is 532 g/mol. The Morgan fingerprint density at radius 3 is 2.08 bits per heavy atom. The van der Waals surface area contributed by atoms with Gasteiger partial charge in [0.2, 0.25) is 0 Å². The second-order valence-corrected chi connectivity index (χ2v) is 10.5. The molecule has 8 aromatic rings. The van der Waals surface area contributed by atoms with Gasteiger partial charge in [-0.05, 0) is 30.3 Å². The normalized spacial score (nSPS) is 11.5. The summed E-state index contributed by atoms with van der Waals surface area (Å²) in [6.45, 7) is 0. The van der Waals surface area contributed by atoms with Gasteiger partial charge in [0.1, 0.15) is 16.2 Å². The molecule has 0 unspecified atom stereocenters. The summed E-state index contributed by atoms with van der Waals surface area (Å²) in [5, 5.41) is 3.00. The van der Waals surface area contributed by atoms with Crippen molar-refractivity contribution in [1.82, 2.24) is 19.9 Å². The molecule has 5 aromatic carbocycles. The van der Waals surface area contributed by atoms with Gasteiger partial charge in [-0.1, -0.05) is 91.0 Å². The molecule has 0 amide bonds. The maximum atomic E-state index is 6.16. The molecule has 8 rings (SSSR count). The minimum atomic E-state index is 0.603. The van der Waals surface area contributed by atoms with Gasteiger partial charge in [-0.15, -0.1) is 11.3 Å². The number of aromatic nitrogens is 4. The number of rotatable bonds is 4. The first-order chi connectivity index (χ1) is 19.8. The lowest BCUT2D eigenvalue weighted by atomic mass is 10.1. The molecule has 0 aliphatic carbocycles. The number of furan rings is 1. The molecule has 40 heavy (non-hydrogen) atoms. The molecule has 0 radical (unpaired) electrons. The number of thiazole rings is 1. The third-order valence-corrected chi connectivity index (χ3v) is 8.06. The number of fused-ring (bicyclic) bond motifs is 4. The van der Waals surface area contributed by atoms with Crippen LogP contribution in [0.3, 0.4) is 0 Å². The molecule has 0 aliphatic rings. The molecule has 5 nitrogen and oxygen atoms in total. The molecule has 0 bridgehead atoms. The highest BCUT2D eigenvalue weighted by Crippen LogP contribution is 2.37. The Morgan fingerprint density at radius 2 is 1.18 bits per heavy atom. The molecule has 0 saturated carbocycles. The number of hydrogen-bond donors (Lipinski definition) is 0. The summed E-state index contributed by atoms with van der Waals surface area (Å²) in [5.41, 5.74) is 6.42. The lowest BCUT2D eigenvalue weighted by Crippen LogP contribution is -2.00. The van der Waals surface area contributed by atoms with E-state index in [-0.39, 0.29) is 0 Å². The Kier molecular flexibility index (Phi) is 5.24. The predicted molar refractivity (Wildman–Crippen MR) is 162 cm³/mol. The molecule has 0 spiro atoms. The van der Waals surface area contributed by atoms with E-state index in [1.807, 2.05) is 91.0 Å². The minimum Gasteiger partial charge on any atom is -0.456 e. The zero-order valence-electron chi connectivity index (χ0n) is 21.2. The molecular formula is C34H20N4OS. The second kappa shape index (κ2) is 9.22. The van der Waals surface area contributed by atoms with E-state index in [4.69, 9.17) is 24.4 Å². The van der Waals surface area contributed by atoms with Crippen LogP contribution in [0.5, 0.6) is 0 Å². The first-order valence-electron chi connectivity index (χ1n) is 13.0. The summed E-state index contributed by atoms with van der Waals surface area (Å²) in [7, 11) is 0. The van der Waals surface area contributed by atoms with Crippen molar-refractivity contribution in [3.63, 3.8) is 0 Å². The van der Waals surface area contributed by atoms with Crippen molar-refractivity contribution in [2.45, 2.75) is 0 Å². The average Bonchev–Trinajstić information content (AvgIpc) is 3.63. The van der Waals surface area contributed by atoms with Crippen molar-refractivity contribution in [3.05, 3.63) is 121 Å². The minimum absolute atomic E-state index is 0.603. The van der Waals surface area contributed by atoms with Crippen LogP contribution in [0.25, 0.3) is 76.9 Å². The molecule has 6 heteroatoms. The maximum absolute atomic E-state index is 6.16. The summed E-state index contributed by atoms with van der Waals surface area (Å²) < 4.78 is 7.32. The van der Waals surface area contributed by atoms with Crippen LogP contribution in [0.4, 0.5) is 0 Å². The fourth-order valence-electron chi connectivity index (χ4n) is 5.09. The fraction of sp³-hybridized carbons (Fsp3) is 0. The first kappa shape index (κ1) is 22.8. The molecular weight excluding hydrogens is 512 g/mol. The predicted octanol–water partition coefficient (Wildman–Crippen LogP) is 9.05. The summed E-state index contributed by atoms with van der Waals surface area (Å²) in [5.74, 6) is 1.83. The highest BCUT2D eigenvalue weighted by Gasteiger charge is 2.18. The smallest absolute Gasteiger partial charge is 0.164 e.